The summed E-state index contributed by atoms with van der Waals surface area (Å²) in [6.07, 6.45) is 1.56. The molecule has 2 aromatic rings. The van der Waals surface area contributed by atoms with Crippen LogP contribution < -0.4 is 20.1 Å². The van der Waals surface area contributed by atoms with Crippen LogP contribution in [0.1, 0.15) is 5.56 Å². The Kier molecular flexibility index (Phi) is 4.08. The van der Waals surface area contributed by atoms with Crippen LogP contribution in [0.25, 0.3) is 0 Å². The Morgan fingerprint density at radius 3 is 2.90 bits per heavy atom. The first-order chi connectivity index (χ1) is 10.2. The molecule has 0 saturated heterocycles. The summed E-state index contributed by atoms with van der Waals surface area (Å²) in [5.41, 5.74) is 1.05. The van der Waals surface area contributed by atoms with Gasteiger partial charge in [0.15, 0.2) is 16.6 Å². The van der Waals surface area contributed by atoms with E-state index >= 15 is 0 Å². The smallest absolute Gasteiger partial charge is 0.231 e. The van der Waals surface area contributed by atoms with Gasteiger partial charge in [-0.15, -0.1) is 0 Å². The minimum atomic E-state index is 0.272. The average molecular weight is 322 g/mol. The van der Waals surface area contributed by atoms with Crippen molar-refractivity contribution in [3.8, 4) is 11.5 Å². The quantitative estimate of drug-likeness (QED) is 0.848. The third-order valence-corrected chi connectivity index (χ3v) is 3.33. The Labute approximate surface area is 132 Å². The number of ether oxygens (including phenoxy) is 2. The molecular formula is C14H12ClN3O2S. The molecule has 1 aromatic heterocycles. The minimum Gasteiger partial charge on any atom is -0.454 e. The van der Waals surface area contributed by atoms with Crippen molar-refractivity contribution in [3.05, 3.63) is 47.1 Å². The zero-order valence-electron chi connectivity index (χ0n) is 10.9. The van der Waals surface area contributed by atoms with Gasteiger partial charge in [0.25, 0.3) is 0 Å². The number of aromatic nitrogens is 1. The molecule has 0 radical (unpaired) electrons. The fourth-order valence-corrected chi connectivity index (χ4v) is 2.13. The molecule has 7 heteroatoms. The van der Waals surface area contributed by atoms with E-state index in [1.807, 2.05) is 18.2 Å². The first kappa shape index (κ1) is 13.9. The second-order valence-electron chi connectivity index (χ2n) is 4.36. The van der Waals surface area contributed by atoms with Crippen molar-refractivity contribution in [3.63, 3.8) is 0 Å². The van der Waals surface area contributed by atoms with Crippen molar-refractivity contribution < 1.29 is 9.47 Å². The van der Waals surface area contributed by atoms with Gasteiger partial charge in [0, 0.05) is 12.7 Å². The molecule has 0 bridgehead atoms. The Balaban J connectivity index is 1.55. The van der Waals surface area contributed by atoms with E-state index in [-0.39, 0.29) is 6.79 Å². The number of hydrogen-bond donors (Lipinski definition) is 2. The topological polar surface area (TPSA) is 55.4 Å². The van der Waals surface area contributed by atoms with Crippen LogP contribution in [-0.4, -0.2) is 16.9 Å². The molecule has 3 rings (SSSR count). The van der Waals surface area contributed by atoms with Gasteiger partial charge in [-0.2, -0.15) is 0 Å². The highest BCUT2D eigenvalue weighted by Gasteiger charge is 2.13. The van der Waals surface area contributed by atoms with Crippen molar-refractivity contribution in [1.29, 1.82) is 0 Å². The molecule has 0 saturated carbocycles. The van der Waals surface area contributed by atoms with E-state index in [0.717, 1.165) is 17.1 Å². The van der Waals surface area contributed by atoms with E-state index in [4.69, 9.17) is 33.3 Å². The van der Waals surface area contributed by atoms with E-state index in [0.29, 0.717) is 22.5 Å². The summed E-state index contributed by atoms with van der Waals surface area (Å²) in [4.78, 5) is 4.11. The summed E-state index contributed by atoms with van der Waals surface area (Å²) in [6, 6.07) is 9.28. The van der Waals surface area contributed by atoms with Crippen LogP contribution in [0.15, 0.2) is 36.5 Å². The Hall–Kier alpha value is -2.05. The van der Waals surface area contributed by atoms with Crippen LogP contribution in [0.5, 0.6) is 11.5 Å². The van der Waals surface area contributed by atoms with Crippen LogP contribution in [0, 0.1) is 0 Å². The number of hydrogen-bond acceptors (Lipinski definition) is 4. The second-order valence-corrected chi connectivity index (χ2v) is 5.20. The molecule has 0 amide bonds. The van der Waals surface area contributed by atoms with Crippen molar-refractivity contribution in [2.24, 2.45) is 0 Å². The van der Waals surface area contributed by atoms with Gasteiger partial charge in [-0.05, 0) is 42.0 Å². The van der Waals surface area contributed by atoms with Gasteiger partial charge in [0.1, 0.15) is 5.82 Å². The van der Waals surface area contributed by atoms with Crippen LogP contribution in [-0.2, 0) is 6.54 Å². The van der Waals surface area contributed by atoms with Gasteiger partial charge in [-0.3, -0.25) is 0 Å². The number of nitrogens with one attached hydrogen (secondary N) is 2. The molecule has 1 aromatic carbocycles. The molecule has 0 unspecified atom stereocenters. The van der Waals surface area contributed by atoms with E-state index in [1.165, 1.54) is 0 Å². The van der Waals surface area contributed by atoms with Crippen molar-refractivity contribution in [2.75, 3.05) is 12.1 Å². The number of halogens is 1. The minimum absolute atomic E-state index is 0.272. The third-order valence-electron chi connectivity index (χ3n) is 2.86. The number of rotatable bonds is 3. The summed E-state index contributed by atoms with van der Waals surface area (Å²) < 4.78 is 10.6. The molecule has 5 nitrogen and oxygen atoms in total. The highest BCUT2D eigenvalue weighted by atomic mass is 35.5. The summed E-state index contributed by atoms with van der Waals surface area (Å²) in [6.45, 7) is 0.852. The van der Waals surface area contributed by atoms with E-state index < -0.39 is 0 Å². The van der Waals surface area contributed by atoms with Gasteiger partial charge >= 0.3 is 0 Å². The third kappa shape index (κ3) is 3.53. The van der Waals surface area contributed by atoms with Crippen molar-refractivity contribution >= 4 is 34.7 Å². The largest absolute Gasteiger partial charge is 0.454 e. The number of pyridine rings is 1. The maximum absolute atomic E-state index is 5.78. The average Bonchev–Trinajstić information content (AvgIpc) is 2.95. The SMILES string of the molecule is S=C(NCc1ccc2c(c1)OCO2)Nc1ccc(Cl)cn1. The first-order valence-electron chi connectivity index (χ1n) is 6.26. The van der Waals surface area contributed by atoms with Gasteiger partial charge in [0.2, 0.25) is 6.79 Å². The maximum Gasteiger partial charge on any atom is 0.231 e. The molecular weight excluding hydrogens is 310 g/mol. The van der Waals surface area contributed by atoms with E-state index in [9.17, 15) is 0 Å². The standard InChI is InChI=1S/C14H12ClN3O2S/c15-10-2-4-13(16-7-10)18-14(21)17-6-9-1-3-11-12(5-9)20-8-19-11/h1-5,7H,6,8H2,(H2,16,17,18,21). The van der Waals surface area contributed by atoms with Gasteiger partial charge in [-0.1, -0.05) is 17.7 Å². The molecule has 2 heterocycles. The van der Waals surface area contributed by atoms with Crippen molar-refractivity contribution in [1.82, 2.24) is 10.3 Å². The molecule has 0 aliphatic carbocycles. The molecule has 1 aliphatic rings. The molecule has 21 heavy (non-hydrogen) atoms. The Morgan fingerprint density at radius 2 is 2.10 bits per heavy atom. The summed E-state index contributed by atoms with van der Waals surface area (Å²) >= 11 is 11.0. The maximum atomic E-state index is 5.78. The van der Waals surface area contributed by atoms with Gasteiger partial charge in [0.05, 0.1) is 5.02 Å². The predicted octanol–water partition coefficient (Wildman–Crippen LogP) is 2.95. The molecule has 2 N–H and O–H groups in total. The van der Waals surface area contributed by atoms with Crippen LogP contribution in [0.2, 0.25) is 5.02 Å². The molecule has 0 atom stereocenters. The highest BCUT2D eigenvalue weighted by molar-refractivity contribution is 7.80. The van der Waals surface area contributed by atoms with Crippen LogP contribution in [0.3, 0.4) is 0 Å². The zero-order chi connectivity index (χ0) is 14.7. The van der Waals surface area contributed by atoms with E-state index in [2.05, 4.69) is 15.6 Å². The lowest BCUT2D eigenvalue weighted by Gasteiger charge is -2.10. The lowest BCUT2D eigenvalue weighted by atomic mass is 10.2. The van der Waals surface area contributed by atoms with Crippen LogP contribution >= 0.6 is 23.8 Å². The Morgan fingerprint density at radius 1 is 1.24 bits per heavy atom. The lowest BCUT2D eigenvalue weighted by Crippen LogP contribution is -2.28. The lowest BCUT2D eigenvalue weighted by molar-refractivity contribution is 0.174. The molecule has 1 aliphatic heterocycles. The fourth-order valence-electron chi connectivity index (χ4n) is 1.84. The fraction of sp³-hybridized carbons (Fsp3) is 0.143. The normalized spacial score (nSPS) is 12.0. The van der Waals surface area contributed by atoms with E-state index in [1.54, 1.807) is 18.3 Å². The van der Waals surface area contributed by atoms with Gasteiger partial charge in [-0.25, -0.2) is 4.98 Å². The predicted molar refractivity (Wildman–Crippen MR) is 84.9 cm³/mol. The van der Waals surface area contributed by atoms with Gasteiger partial charge < -0.3 is 20.1 Å². The number of thiocarbonyl (C=S) groups is 1. The first-order valence-corrected chi connectivity index (χ1v) is 7.04. The zero-order valence-corrected chi connectivity index (χ0v) is 12.5. The molecule has 0 fully saturated rings. The second kappa shape index (κ2) is 6.15. The Bertz CT molecular complexity index is 664. The number of benzene rings is 1. The summed E-state index contributed by atoms with van der Waals surface area (Å²) in [5, 5.41) is 7.16. The highest BCUT2D eigenvalue weighted by Crippen LogP contribution is 2.32. The molecule has 0 spiro atoms. The summed E-state index contributed by atoms with van der Waals surface area (Å²) in [5.74, 6) is 2.17. The molecule has 108 valence electrons. The monoisotopic (exact) mass is 321 g/mol. The van der Waals surface area contributed by atoms with Crippen LogP contribution in [0.4, 0.5) is 5.82 Å². The number of nitrogens with zero attached hydrogens (tertiary/aromatic N) is 1. The van der Waals surface area contributed by atoms with Crippen molar-refractivity contribution in [2.45, 2.75) is 6.54 Å². The summed E-state index contributed by atoms with van der Waals surface area (Å²) in [7, 11) is 0. The number of fused-ring (bicyclic) bond motifs is 1. The number of anilines is 1.